The highest BCUT2D eigenvalue weighted by Gasteiger charge is 2.21. The maximum atomic E-state index is 12.3. The second-order valence-electron chi connectivity index (χ2n) is 6.82. The minimum absolute atomic E-state index is 0.102. The lowest BCUT2D eigenvalue weighted by molar-refractivity contribution is 0.0463. The van der Waals surface area contributed by atoms with Crippen molar-refractivity contribution in [3.63, 3.8) is 0 Å². The first-order valence-corrected chi connectivity index (χ1v) is 9.89. The zero-order valence-electron chi connectivity index (χ0n) is 16.2. The average Bonchev–Trinajstić information content (AvgIpc) is 3.24. The van der Waals surface area contributed by atoms with Crippen LogP contribution in [0.5, 0.6) is 0 Å². The molecule has 1 aromatic heterocycles. The molecule has 0 bridgehead atoms. The summed E-state index contributed by atoms with van der Waals surface area (Å²) in [7, 11) is 0. The van der Waals surface area contributed by atoms with E-state index in [1.807, 2.05) is 48.5 Å². The average molecular weight is 378 g/mol. The molecule has 0 amide bonds. The number of hydrogen-bond donors (Lipinski definition) is 0. The third-order valence-corrected chi connectivity index (χ3v) is 4.64. The van der Waals surface area contributed by atoms with E-state index in [0.29, 0.717) is 17.3 Å². The first-order valence-electron chi connectivity index (χ1n) is 9.89. The summed E-state index contributed by atoms with van der Waals surface area (Å²) in [6, 6.07) is 18.7. The number of esters is 1. The van der Waals surface area contributed by atoms with E-state index in [4.69, 9.17) is 9.15 Å². The normalized spacial score (nSPS) is 11.9. The van der Waals surface area contributed by atoms with Crippen LogP contribution in [-0.2, 0) is 4.74 Å². The van der Waals surface area contributed by atoms with Crippen LogP contribution in [0.3, 0.4) is 0 Å². The van der Waals surface area contributed by atoms with Gasteiger partial charge in [0.05, 0.1) is 11.5 Å². The topological polar surface area (TPSA) is 65.2 Å². The molecule has 5 heteroatoms. The number of hydrogen-bond acceptors (Lipinski definition) is 5. The SMILES string of the molecule is CCCCCCC(COC(=O)c1ccccc1)c1nnc(-c2ccccc2)o1. The van der Waals surface area contributed by atoms with Crippen LogP contribution in [0.1, 0.15) is 61.2 Å². The Morgan fingerprint density at radius 3 is 2.39 bits per heavy atom. The van der Waals surface area contributed by atoms with Crippen molar-refractivity contribution in [2.45, 2.75) is 44.9 Å². The molecule has 0 N–H and O–H groups in total. The van der Waals surface area contributed by atoms with Crippen molar-refractivity contribution in [1.82, 2.24) is 10.2 Å². The Hall–Kier alpha value is -2.95. The number of carbonyl (C=O) groups excluding carboxylic acids is 1. The van der Waals surface area contributed by atoms with Crippen LogP contribution in [0.4, 0.5) is 0 Å². The lowest BCUT2D eigenvalue weighted by atomic mass is 10.0. The van der Waals surface area contributed by atoms with Gasteiger partial charge in [-0.05, 0) is 30.7 Å². The first-order chi connectivity index (χ1) is 13.8. The molecular weight excluding hydrogens is 352 g/mol. The predicted molar refractivity (Wildman–Crippen MR) is 108 cm³/mol. The van der Waals surface area contributed by atoms with Gasteiger partial charge in [-0.15, -0.1) is 10.2 Å². The molecular formula is C23H26N2O3. The molecule has 5 nitrogen and oxygen atoms in total. The molecule has 1 unspecified atom stereocenters. The Kier molecular flexibility index (Phi) is 7.36. The molecule has 0 radical (unpaired) electrons. The fourth-order valence-electron chi connectivity index (χ4n) is 3.03. The first kappa shape index (κ1) is 19.8. The van der Waals surface area contributed by atoms with Crippen LogP contribution in [0.2, 0.25) is 0 Å². The summed E-state index contributed by atoms with van der Waals surface area (Å²) in [6.07, 6.45) is 5.38. The number of ether oxygens (including phenoxy) is 1. The number of carbonyl (C=O) groups is 1. The standard InChI is InChI=1S/C23H26N2O3/c1-2-3-4-7-16-20(17-27-23(26)19-14-10-6-11-15-19)22-25-24-21(28-22)18-12-8-5-9-13-18/h5-6,8-15,20H,2-4,7,16-17H2,1H3. The molecule has 0 saturated carbocycles. The van der Waals surface area contributed by atoms with Gasteiger partial charge < -0.3 is 9.15 Å². The van der Waals surface area contributed by atoms with Crippen LogP contribution in [-0.4, -0.2) is 22.8 Å². The maximum Gasteiger partial charge on any atom is 0.338 e. The highest BCUT2D eigenvalue weighted by molar-refractivity contribution is 5.89. The third kappa shape index (κ3) is 5.52. The Morgan fingerprint density at radius 2 is 1.68 bits per heavy atom. The summed E-state index contributed by atoms with van der Waals surface area (Å²) in [5, 5.41) is 8.41. The van der Waals surface area contributed by atoms with Crippen molar-refractivity contribution in [3.8, 4) is 11.5 Å². The van der Waals surface area contributed by atoms with Gasteiger partial charge in [0.15, 0.2) is 0 Å². The molecule has 0 spiro atoms. The van der Waals surface area contributed by atoms with Gasteiger partial charge in [-0.2, -0.15) is 0 Å². The van der Waals surface area contributed by atoms with Crippen molar-refractivity contribution in [2.24, 2.45) is 0 Å². The molecule has 0 fully saturated rings. The Morgan fingerprint density at radius 1 is 0.964 bits per heavy atom. The van der Waals surface area contributed by atoms with E-state index >= 15 is 0 Å². The Balaban J connectivity index is 1.68. The maximum absolute atomic E-state index is 12.3. The minimum Gasteiger partial charge on any atom is -0.461 e. The molecule has 0 aliphatic carbocycles. The summed E-state index contributed by atoms with van der Waals surface area (Å²) in [5.41, 5.74) is 1.43. The molecule has 1 heterocycles. The van der Waals surface area contributed by atoms with Gasteiger partial charge >= 0.3 is 5.97 Å². The fraction of sp³-hybridized carbons (Fsp3) is 0.348. The van der Waals surface area contributed by atoms with E-state index in [1.54, 1.807) is 12.1 Å². The fourth-order valence-corrected chi connectivity index (χ4v) is 3.03. The molecule has 146 valence electrons. The lowest BCUT2D eigenvalue weighted by Gasteiger charge is -2.13. The van der Waals surface area contributed by atoms with E-state index in [9.17, 15) is 4.79 Å². The quantitative estimate of drug-likeness (QED) is 0.337. The molecule has 0 saturated heterocycles. The van der Waals surface area contributed by atoms with Crippen molar-refractivity contribution < 1.29 is 13.9 Å². The van der Waals surface area contributed by atoms with Crippen LogP contribution in [0, 0.1) is 0 Å². The van der Waals surface area contributed by atoms with E-state index in [-0.39, 0.29) is 18.5 Å². The molecule has 2 aromatic carbocycles. The van der Waals surface area contributed by atoms with Crippen molar-refractivity contribution in [2.75, 3.05) is 6.61 Å². The highest BCUT2D eigenvalue weighted by Crippen LogP contribution is 2.26. The van der Waals surface area contributed by atoms with E-state index in [0.717, 1.165) is 24.8 Å². The van der Waals surface area contributed by atoms with E-state index in [2.05, 4.69) is 17.1 Å². The van der Waals surface area contributed by atoms with E-state index < -0.39 is 0 Å². The molecule has 0 aliphatic heterocycles. The van der Waals surface area contributed by atoms with Gasteiger partial charge in [0.2, 0.25) is 11.8 Å². The second-order valence-corrected chi connectivity index (χ2v) is 6.82. The lowest BCUT2D eigenvalue weighted by Crippen LogP contribution is -2.14. The number of benzene rings is 2. The minimum atomic E-state index is -0.332. The molecule has 3 aromatic rings. The summed E-state index contributed by atoms with van der Waals surface area (Å²) < 4.78 is 11.5. The van der Waals surface area contributed by atoms with Gasteiger partial charge in [-0.1, -0.05) is 69.0 Å². The van der Waals surface area contributed by atoms with Crippen LogP contribution in [0.25, 0.3) is 11.5 Å². The second kappa shape index (κ2) is 10.4. The molecule has 3 rings (SSSR count). The van der Waals surface area contributed by atoms with Crippen LogP contribution in [0.15, 0.2) is 65.1 Å². The predicted octanol–water partition coefficient (Wildman–Crippen LogP) is 5.65. The van der Waals surface area contributed by atoms with Gasteiger partial charge in [-0.3, -0.25) is 0 Å². The summed E-state index contributed by atoms with van der Waals surface area (Å²) in [6.45, 7) is 2.42. The monoisotopic (exact) mass is 378 g/mol. The summed E-state index contributed by atoms with van der Waals surface area (Å²) in [4.78, 5) is 12.3. The van der Waals surface area contributed by atoms with Crippen molar-refractivity contribution in [3.05, 3.63) is 72.1 Å². The number of aromatic nitrogens is 2. The summed E-state index contributed by atoms with van der Waals surface area (Å²) >= 11 is 0. The third-order valence-electron chi connectivity index (χ3n) is 4.64. The number of unbranched alkanes of at least 4 members (excludes halogenated alkanes) is 3. The van der Waals surface area contributed by atoms with Crippen molar-refractivity contribution in [1.29, 1.82) is 0 Å². The van der Waals surface area contributed by atoms with Crippen LogP contribution >= 0.6 is 0 Å². The molecule has 1 atom stereocenters. The van der Waals surface area contributed by atoms with E-state index in [1.165, 1.54) is 12.8 Å². The van der Waals surface area contributed by atoms with Crippen molar-refractivity contribution >= 4 is 5.97 Å². The largest absolute Gasteiger partial charge is 0.461 e. The van der Waals surface area contributed by atoms with Crippen LogP contribution < -0.4 is 0 Å². The van der Waals surface area contributed by atoms with Gasteiger partial charge in [0.25, 0.3) is 0 Å². The zero-order chi connectivity index (χ0) is 19.6. The van der Waals surface area contributed by atoms with Gasteiger partial charge in [0.1, 0.15) is 6.61 Å². The number of rotatable bonds is 10. The van der Waals surface area contributed by atoms with Gasteiger partial charge in [0, 0.05) is 5.56 Å². The Labute approximate surface area is 165 Å². The summed E-state index contributed by atoms with van der Waals surface area (Å²) in [5.74, 6) is 0.580. The smallest absolute Gasteiger partial charge is 0.338 e. The molecule has 0 aliphatic rings. The molecule has 28 heavy (non-hydrogen) atoms. The van der Waals surface area contributed by atoms with Gasteiger partial charge in [-0.25, -0.2) is 4.79 Å². The zero-order valence-corrected chi connectivity index (χ0v) is 16.2. The Bertz CT molecular complexity index is 847. The highest BCUT2D eigenvalue weighted by atomic mass is 16.5. The number of nitrogens with zero attached hydrogens (tertiary/aromatic N) is 2.